The van der Waals surface area contributed by atoms with Gasteiger partial charge >= 0.3 is 14.4 Å². The SMILES string of the molecule is CCCCOC(=O)OCO[P+](=O)O. The molecule has 1 N–H and O–H groups in total. The fourth-order valence-corrected chi connectivity index (χ4v) is 0.604. The van der Waals surface area contributed by atoms with Crippen molar-refractivity contribution in [2.75, 3.05) is 13.4 Å². The highest BCUT2D eigenvalue weighted by atomic mass is 31.1. The van der Waals surface area contributed by atoms with Crippen molar-refractivity contribution in [1.29, 1.82) is 0 Å². The van der Waals surface area contributed by atoms with Gasteiger partial charge in [-0.25, -0.2) is 4.79 Å². The molecule has 0 aromatic carbocycles. The van der Waals surface area contributed by atoms with E-state index in [1.807, 2.05) is 6.92 Å². The van der Waals surface area contributed by atoms with E-state index >= 15 is 0 Å². The minimum atomic E-state index is -2.73. The predicted octanol–water partition coefficient (Wildman–Crippen LogP) is 1.56. The molecule has 1 unspecified atom stereocenters. The third-order valence-electron chi connectivity index (χ3n) is 1.06. The smallest absolute Gasteiger partial charge is 0.434 e. The second kappa shape index (κ2) is 7.91. The van der Waals surface area contributed by atoms with Crippen LogP contribution in [0.3, 0.4) is 0 Å². The van der Waals surface area contributed by atoms with E-state index in [-0.39, 0.29) is 6.61 Å². The van der Waals surface area contributed by atoms with Crippen LogP contribution in [0.1, 0.15) is 19.8 Å². The number of hydrogen-bond donors (Lipinski definition) is 1. The van der Waals surface area contributed by atoms with E-state index in [4.69, 9.17) is 4.89 Å². The predicted molar refractivity (Wildman–Crippen MR) is 43.1 cm³/mol. The van der Waals surface area contributed by atoms with Crippen molar-refractivity contribution in [3.8, 4) is 0 Å². The van der Waals surface area contributed by atoms with E-state index in [1.165, 1.54) is 0 Å². The van der Waals surface area contributed by atoms with Crippen LogP contribution >= 0.6 is 8.25 Å². The van der Waals surface area contributed by atoms with Crippen molar-refractivity contribution in [1.82, 2.24) is 0 Å². The third-order valence-corrected chi connectivity index (χ3v) is 1.38. The first-order valence-electron chi connectivity index (χ1n) is 3.75. The second-order valence-corrected chi connectivity index (χ2v) is 2.82. The molecule has 0 aromatic rings. The Bertz CT molecular complexity index is 171. The third kappa shape index (κ3) is 9.20. The molecule has 6 nitrogen and oxygen atoms in total. The Labute approximate surface area is 76.7 Å². The number of carbonyl (C=O) groups is 1. The van der Waals surface area contributed by atoms with Crippen LogP contribution in [0.25, 0.3) is 0 Å². The van der Waals surface area contributed by atoms with Gasteiger partial charge in [-0.2, -0.15) is 0 Å². The lowest BCUT2D eigenvalue weighted by atomic mass is 10.4. The van der Waals surface area contributed by atoms with E-state index in [9.17, 15) is 9.36 Å². The van der Waals surface area contributed by atoms with Crippen molar-refractivity contribution < 1.29 is 28.3 Å². The van der Waals surface area contributed by atoms with Crippen LogP contribution in [0.15, 0.2) is 0 Å². The Kier molecular flexibility index (Phi) is 7.48. The van der Waals surface area contributed by atoms with Gasteiger partial charge in [0.1, 0.15) is 0 Å². The lowest BCUT2D eigenvalue weighted by Crippen LogP contribution is -2.09. The van der Waals surface area contributed by atoms with Crippen molar-refractivity contribution in [3.63, 3.8) is 0 Å². The summed E-state index contributed by atoms with van der Waals surface area (Å²) in [5.41, 5.74) is 0. The van der Waals surface area contributed by atoms with Gasteiger partial charge < -0.3 is 9.47 Å². The van der Waals surface area contributed by atoms with E-state index < -0.39 is 21.2 Å². The van der Waals surface area contributed by atoms with Crippen molar-refractivity contribution in [3.05, 3.63) is 0 Å². The van der Waals surface area contributed by atoms with Gasteiger partial charge in [-0.3, -0.25) is 0 Å². The Morgan fingerprint density at radius 1 is 1.46 bits per heavy atom. The van der Waals surface area contributed by atoms with Gasteiger partial charge in [-0.05, 0) is 6.42 Å². The summed E-state index contributed by atoms with van der Waals surface area (Å²) in [6.45, 7) is 1.66. The van der Waals surface area contributed by atoms with Gasteiger partial charge in [0.25, 0.3) is 6.79 Å². The lowest BCUT2D eigenvalue weighted by Gasteiger charge is -2.01. The molecular weight excluding hydrogens is 199 g/mol. The summed E-state index contributed by atoms with van der Waals surface area (Å²) < 4.78 is 22.8. The monoisotopic (exact) mass is 211 g/mol. The number of unbranched alkanes of at least 4 members (excludes halogenated alkanes) is 1. The highest BCUT2D eigenvalue weighted by Crippen LogP contribution is 2.13. The summed E-state index contributed by atoms with van der Waals surface area (Å²) in [4.78, 5) is 18.7. The molecule has 0 rings (SSSR count). The maximum atomic E-state index is 10.6. The van der Waals surface area contributed by atoms with Gasteiger partial charge in [0, 0.05) is 4.57 Å². The first-order chi connectivity index (χ1) is 6.16. The van der Waals surface area contributed by atoms with Crippen LogP contribution in [-0.2, 0) is 18.6 Å². The Hall–Kier alpha value is -0.710. The molecule has 0 saturated heterocycles. The molecule has 0 aliphatic heterocycles. The van der Waals surface area contributed by atoms with Gasteiger partial charge in [-0.15, -0.1) is 4.89 Å². The standard InChI is InChI=1S/C6H11O6P/c1-2-3-4-10-6(7)11-5-12-13(8)9/h2-5H2,1H3/p+1. The molecule has 0 bridgehead atoms. The van der Waals surface area contributed by atoms with Gasteiger partial charge in [0.15, 0.2) is 0 Å². The average Bonchev–Trinajstić information content (AvgIpc) is 2.04. The zero-order valence-electron chi connectivity index (χ0n) is 7.26. The van der Waals surface area contributed by atoms with Gasteiger partial charge in [0.05, 0.1) is 6.61 Å². The summed E-state index contributed by atoms with van der Waals surface area (Å²) in [5, 5.41) is 0. The molecule has 0 aromatic heterocycles. The minimum absolute atomic E-state index is 0.278. The second-order valence-electron chi connectivity index (χ2n) is 2.08. The largest absolute Gasteiger partial charge is 0.698 e. The molecule has 0 saturated carbocycles. The zero-order chi connectivity index (χ0) is 10.1. The van der Waals surface area contributed by atoms with E-state index in [1.54, 1.807) is 0 Å². The Balaban J connectivity index is 3.25. The molecule has 0 aliphatic rings. The zero-order valence-corrected chi connectivity index (χ0v) is 8.16. The molecule has 0 amide bonds. The first kappa shape index (κ1) is 12.3. The van der Waals surface area contributed by atoms with Crippen LogP contribution in [-0.4, -0.2) is 24.4 Å². The quantitative estimate of drug-likeness (QED) is 0.310. The van der Waals surface area contributed by atoms with Crippen LogP contribution < -0.4 is 0 Å². The van der Waals surface area contributed by atoms with Gasteiger partial charge in [-0.1, -0.05) is 17.9 Å². The Morgan fingerprint density at radius 2 is 2.15 bits per heavy atom. The normalized spacial score (nSPS) is 10.8. The van der Waals surface area contributed by atoms with Crippen molar-refractivity contribution in [2.24, 2.45) is 0 Å². The topological polar surface area (TPSA) is 82.1 Å². The first-order valence-corrected chi connectivity index (χ1v) is 4.88. The van der Waals surface area contributed by atoms with Crippen molar-refractivity contribution in [2.45, 2.75) is 19.8 Å². The Morgan fingerprint density at radius 3 is 2.69 bits per heavy atom. The molecule has 7 heteroatoms. The van der Waals surface area contributed by atoms with Crippen LogP contribution in [0.5, 0.6) is 0 Å². The summed E-state index contributed by atoms with van der Waals surface area (Å²) in [6.07, 6.45) is 0.765. The number of hydrogen-bond acceptors (Lipinski definition) is 5. The minimum Gasteiger partial charge on any atom is -0.434 e. The highest BCUT2D eigenvalue weighted by molar-refractivity contribution is 7.32. The molecule has 0 radical (unpaired) electrons. The molecule has 0 fully saturated rings. The fourth-order valence-electron chi connectivity index (χ4n) is 0.461. The average molecular weight is 211 g/mol. The summed E-state index contributed by atoms with van der Waals surface area (Å²) >= 11 is 0. The summed E-state index contributed by atoms with van der Waals surface area (Å²) in [7, 11) is -2.73. The molecular formula is C6H12O6P+. The van der Waals surface area contributed by atoms with Crippen LogP contribution in [0.2, 0.25) is 0 Å². The maximum absolute atomic E-state index is 10.6. The van der Waals surface area contributed by atoms with Crippen LogP contribution in [0, 0.1) is 0 Å². The fraction of sp³-hybridized carbons (Fsp3) is 0.833. The van der Waals surface area contributed by atoms with Crippen LogP contribution in [0.4, 0.5) is 4.79 Å². The molecule has 1 atom stereocenters. The molecule has 0 heterocycles. The number of ether oxygens (including phenoxy) is 2. The number of rotatable bonds is 6. The summed E-state index contributed by atoms with van der Waals surface area (Å²) in [6, 6.07) is 0. The molecule has 13 heavy (non-hydrogen) atoms. The summed E-state index contributed by atoms with van der Waals surface area (Å²) in [5.74, 6) is 0. The van der Waals surface area contributed by atoms with E-state index in [0.717, 1.165) is 12.8 Å². The maximum Gasteiger partial charge on any atom is 0.698 e. The highest BCUT2D eigenvalue weighted by Gasteiger charge is 2.13. The molecule has 76 valence electrons. The molecule has 0 aliphatic carbocycles. The lowest BCUT2D eigenvalue weighted by molar-refractivity contribution is 0.00370. The number of carbonyl (C=O) groups excluding carboxylic acids is 1. The van der Waals surface area contributed by atoms with Crippen molar-refractivity contribution >= 4 is 14.4 Å². The van der Waals surface area contributed by atoms with E-state index in [2.05, 4.69) is 14.0 Å². The molecule has 0 spiro atoms. The van der Waals surface area contributed by atoms with Gasteiger partial charge in [0.2, 0.25) is 0 Å². The van der Waals surface area contributed by atoms with E-state index in [0.29, 0.717) is 0 Å².